The molecule has 0 aliphatic heterocycles. The molecule has 2 aromatic rings. The van der Waals surface area contributed by atoms with Gasteiger partial charge >= 0.3 is 0 Å². The lowest BCUT2D eigenvalue weighted by molar-refractivity contribution is 0.415. The third-order valence-electron chi connectivity index (χ3n) is 2.59. The number of methoxy groups -OCH3 is 1. The highest BCUT2D eigenvalue weighted by Gasteiger charge is 2.04. The second-order valence-electron chi connectivity index (χ2n) is 3.92. The average Bonchev–Trinajstić information content (AvgIpc) is 2.38. The van der Waals surface area contributed by atoms with Gasteiger partial charge in [-0.25, -0.2) is 0 Å². The summed E-state index contributed by atoms with van der Waals surface area (Å²) in [4.78, 5) is 0.375. The van der Waals surface area contributed by atoms with Gasteiger partial charge in [-0.15, -0.1) is 0 Å². The fraction of sp³-hybridized carbons (Fsp3) is 0.0714. The quantitative estimate of drug-likeness (QED) is 0.833. The van der Waals surface area contributed by atoms with Crippen LogP contribution in [0.15, 0.2) is 46.9 Å². The van der Waals surface area contributed by atoms with Gasteiger partial charge < -0.3 is 15.8 Å². The highest BCUT2D eigenvalue weighted by atomic mass is 79.9. The molecule has 0 spiro atoms. The number of benzene rings is 2. The third kappa shape index (κ3) is 3.45. The van der Waals surface area contributed by atoms with E-state index in [4.69, 9.17) is 22.7 Å². The zero-order valence-corrected chi connectivity index (χ0v) is 12.7. The van der Waals surface area contributed by atoms with Crippen LogP contribution in [0.1, 0.15) is 5.56 Å². The Morgan fingerprint density at radius 2 is 1.95 bits per heavy atom. The van der Waals surface area contributed by atoms with Gasteiger partial charge in [0.25, 0.3) is 0 Å². The number of anilines is 2. The molecule has 0 unspecified atom stereocenters. The Morgan fingerprint density at radius 1 is 1.21 bits per heavy atom. The van der Waals surface area contributed by atoms with Gasteiger partial charge in [0.2, 0.25) is 0 Å². The molecule has 0 amide bonds. The van der Waals surface area contributed by atoms with E-state index in [9.17, 15) is 0 Å². The molecular weight excluding hydrogens is 324 g/mol. The maximum absolute atomic E-state index is 5.62. The van der Waals surface area contributed by atoms with E-state index in [2.05, 4.69) is 21.2 Å². The highest BCUT2D eigenvalue weighted by Crippen LogP contribution is 2.25. The van der Waals surface area contributed by atoms with E-state index in [1.807, 2.05) is 42.5 Å². The van der Waals surface area contributed by atoms with Crippen LogP contribution in [-0.2, 0) is 0 Å². The first-order valence-corrected chi connectivity index (χ1v) is 6.80. The second-order valence-corrected chi connectivity index (χ2v) is 5.21. The van der Waals surface area contributed by atoms with Crippen LogP contribution in [0.5, 0.6) is 5.75 Å². The predicted octanol–water partition coefficient (Wildman–Crippen LogP) is 3.84. The van der Waals surface area contributed by atoms with Crippen LogP contribution in [0.2, 0.25) is 0 Å². The highest BCUT2D eigenvalue weighted by molar-refractivity contribution is 9.10. The van der Waals surface area contributed by atoms with Crippen LogP contribution in [0.25, 0.3) is 0 Å². The first-order chi connectivity index (χ1) is 9.10. The Labute approximate surface area is 125 Å². The lowest BCUT2D eigenvalue weighted by Crippen LogP contribution is -2.10. The van der Waals surface area contributed by atoms with Gasteiger partial charge in [0.1, 0.15) is 10.7 Å². The first-order valence-electron chi connectivity index (χ1n) is 5.60. The van der Waals surface area contributed by atoms with E-state index in [0.717, 1.165) is 27.2 Å². The van der Waals surface area contributed by atoms with Crippen molar-refractivity contribution >= 4 is 44.5 Å². The topological polar surface area (TPSA) is 47.3 Å². The number of nitrogens with two attached hydrogens (primary N) is 1. The number of hydrogen-bond acceptors (Lipinski definition) is 3. The molecule has 3 N–H and O–H groups in total. The van der Waals surface area contributed by atoms with Crippen molar-refractivity contribution in [3.8, 4) is 5.75 Å². The van der Waals surface area contributed by atoms with E-state index in [0.29, 0.717) is 4.99 Å². The summed E-state index contributed by atoms with van der Waals surface area (Å²) in [6.45, 7) is 0. The minimum Gasteiger partial charge on any atom is -0.497 e. The number of halogens is 1. The van der Waals surface area contributed by atoms with E-state index >= 15 is 0 Å². The lowest BCUT2D eigenvalue weighted by atomic mass is 10.2. The zero-order chi connectivity index (χ0) is 13.8. The standard InChI is InChI=1S/C14H13BrN2OS/c1-18-11-4-2-3-9(7-11)17-10-5-6-12(14(16)19)13(15)8-10/h2-8,17H,1H3,(H2,16,19). The second kappa shape index (κ2) is 6.04. The number of nitrogens with one attached hydrogen (secondary N) is 1. The normalized spacial score (nSPS) is 10.0. The molecule has 0 atom stereocenters. The Balaban J connectivity index is 2.23. The molecule has 0 heterocycles. The van der Waals surface area contributed by atoms with Gasteiger partial charge in [-0.3, -0.25) is 0 Å². The molecule has 0 radical (unpaired) electrons. The Hall–Kier alpha value is -1.59. The number of hydrogen-bond donors (Lipinski definition) is 2. The first kappa shape index (κ1) is 13.8. The summed E-state index contributed by atoms with van der Waals surface area (Å²) < 4.78 is 6.05. The van der Waals surface area contributed by atoms with Crippen molar-refractivity contribution in [3.05, 3.63) is 52.5 Å². The number of ether oxygens (including phenoxy) is 1. The molecule has 98 valence electrons. The fourth-order valence-corrected chi connectivity index (χ4v) is 2.56. The van der Waals surface area contributed by atoms with E-state index in [1.54, 1.807) is 7.11 Å². The summed E-state index contributed by atoms with van der Waals surface area (Å²) in [5.41, 5.74) is 8.34. The summed E-state index contributed by atoms with van der Waals surface area (Å²) in [7, 11) is 1.65. The van der Waals surface area contributed by atoms with Crippen molar-refractivity contribution in [2.75, 3.05) is 12.4 Å². The SMILES string of the molecule is COc1cccc(Nc2ccc(C(N)=S)c(Br)c2)c1. The van der Waals surface area contributed by atoms with Gasteiger partial charge in [-0.2, -0.15) is 0 Å². The molecule has 0 saturated heterocycles. The molecule has 3 nitrogen and oxygen atoms in total. The van der Waals surface area contributed by atoms with Crippen LogP contribution < -0.4 is 15.8 Å². The molecule has 0 aliphatic rings. The van der Waals surface area contributed by atoms with Crippen molar-refractivity contribution in [2.24, 2.45) is 5.73 Å². The van der Waals surface area contributed by atoms with Gasteiger partial charge in [0.15, 0.2) is 0 Å². The maximum Gasteiger partial charge on any atom is 0.120 e. The zero-order valence-electron chi connectivity index (χ0n) is 10.3. The number of thiocarbonyl (C=S) groups is 1. The molecule has 5 heteroatoms. The summed E-state index contributed by atoms with van der Waals surface area (Å²) in [6, 6.07) is 13.5. The monoisotopic (exact) mass is 336 g/mol. The van der Waals surface area contributed by atoms with Gasteiger partial charge in [-0.1, -0.05) is 18.3 Å². The summed E-state index contributed by atoms with van der Waals surface area (Å²) in [5, 5.41) is 3.29. The van der Waals surface area contributed by atoms with Gasteiger partial charge in [0, 0.05) is 27.5 Å². The minimum absolute atomic E-state index is 0.375. The molecular formula is C14H13BrN2OS. The van der Waals surface area contributed by atoms with E-state index in [-0.39, 0.29) is 0 Å². The molecule has 0 fully saturated rings. The maximum atomic E-state index is 5.62. The van der Waals surface area contributed by atoms with Crippen LogP contribution in [-0.4, -0.2) is 12.1 Å². The Kier molecular flexibility index (Phi) is 4.39. The summed E-state index contributed by atoms with van der Waals surface area (Å²) in [5.74, 6) is 0.809. The van der Waals surface area contributed by atoms with E-state index < -0.39 is 0 Å². The molecule has 0 aliphatic carbocycles. The van der Waals surface area contributed by atoms with Crippen molar-refractivity contribution < 1.29 is 4.74 Å². The smallest absolute Gasteiger partial charge is 0.120 e. The Morgan fingerprint density at radius 3 is 2.58 bits per heavy atom. The van der Waals surface area contributed by atoms with Crippen molar-refractivity contribution in [1.29, 1.82) is 0 Å². The van der Waals surface area contributed by atoms with Crippen molar-refractivity contribution in [3.63, 3.8) is 0 Å². The third-order valence-corrected chi connectivity index (χ3v) is 3.47. The van der Waals surface area contributed by atoms with E-state index in [1.165, 1.54) is 0 Å². The van der Waals surface area contributed by atoms with Gasteiger partial charge in [0.05, 0.1) is 7.11 Å². The molecule has 19 heavy (non-hydrogen) atoms. The number of rotatable bonds is 4. The van der Waals surface area contributed by atoms with Crippen LogP contribution in [0.4, 0.5) is 11.4 Å². The summed E-state index contributed by atoms with van der Waals surface area (Å²) in [6.07, 6.45) is 0. The van der Waals surface area contributed by atoms with Crippen LogP contribution in [0, 0.1) is 0 Å². The summed E-state index contributed by atoms with van der Waals surface area (Å²) >= 11 is 8.42. The lowest BCUT2D eigenvalue weighted by Gasteiger charge is -2.10. The predicted molar refractivity (Wildman–Crippen MR) is 86.3 cm³/mol. The fourth-order valence-electron chi connectivity index (χ4n) is 1.66. The molecule has 2 aromatic carbocycles. The van der Waals surface area contributed by atoms with Crippen LogP contribution >= 0.6 is 28.1 Å². The molecule has 2 rings (SSSR count). The largest absolute Gasteiger partial charge is 0.497 e. The van der Waals surface area contributed by atoms with Gasteiger partial charge in [-0.05, 0) is 46.3 Å². The van der Waals surface area contributed by atoms with Crippen molar-refractivity contribution in [1.82, 2.24) is 0 Å². The molecule has 0 bridgehead atoms. The average molecular weight is 337 g/mol. The molecule has 0 aromatic heterocycles. The molecule has 0 saturated carbocycles. The van der Waals surface area contributed by atoms with Crippen molar-refractivity contribution in [2.45, 2.75) is 0 Å². The van der Waals surface area contributed by atoms with Crippen LogP contribution in [0.3, 0.4) is 0 Å². The Bertz CT molecular complexity index is 616. The minimum atomic E-state index is 0.375.